The smallest absolute Gasteiger partial charge is 0.855 e. The van der Waals surface area contributed by atoms with Crippen molar-refractivity contribution in [2.45, 2.75) is 68.0 Å². The number of ketones is 1. The minimum Gasteiger partial charge on any atom is -0.855 e. The van der Waals surface area contributed by atoms with Crippen molar-refractivity contribution in [2.75, 3.05) is 26.4 Å². The number of esters is 2. The van der Waals surface area contributed by atoms with Gasteiger partial charge >= 0.3 is 47.7 Å². The number of aromatic nitrogens is 7. The van der Waals surface area contributed by atoms with E-state index in [4.69, 9.17) is 26.1 Å². The maximum absolute atomic E-state index is 12.6. The number of ether oxygens (including phenoxy) is 2. The van der Waals surface area contributed by atoms with Crippen LogP contribution in [0.15, 0.2) is 37.8 Å². The van der Waals surface area contributed by atoms with Crippen molar-refractivity contribution in [1.29, 1.82) is 5.41 Å². The molecule has 0 saturated heterocycles. The quantitative estimate of drug-likeness (QED) is 0.0402. The fourth-order valence-electron chi connectivity index (χ4n) is 3.67. The van der Waals surface area contributed by atoms with Gasteiger partial charge in [-0.25, -0.2) is 34.7 Å². The second kappa shape index (κ2) is 30.8. The number of aryl methyl sites for hydroxylation is 4. The SMILES string of the molecule is CCO.CCOC(=O)CC(=O)c1nc(C)cs1.CCOC(=O)c1nc(C)cs1.CC[O-].Cc1csc(-c2cc(=O)[nH]c(-c3nc(C(F)(F)F)cs3)n2)n1.Cc1csc(C(=N)N)n1.[Na+]. The Kier molecular flexibility index (Phi) is 28.8. The Hall–Kier alpha value is -4.18. The van der Waals surface area contributed by atoms with Gasteiger partial charge in [0.05, 0.1) is 13.2 Å². The number of hydrogen-bond acceptors (Lipinski definition) is 20. The van der Waals surface area contributed by atoms with Gasteiger partial charge in [-0.15, -0.1) is 63.3 Å². The Morgan fingerprint density at radius 3 is 1.62 bits per heavy atom. The van der Waals surface area contributed by atoms with Crippen LogP contribution in [0.2, 0.25) is 0 Å². The summed E-state index contributed by atoms with van der Waals surface area (Å²) < 4.78 is 47.2. The summed E-state index contributed by atoms with van der Waals surface area (Å²) in [7, 11) is 0. The molecule has 0 radical (unpaired) electrons. The van der Waals surface area contributed by atoms with Crippen molar-refractivity contribution < 1.29 is 76.8 Å². The number of H-pyrrole nitrogens is 1. The van der Waals surface area contributed by atoms with Crippen molar-refractivity contribution in [2.24, 2.45) is 5.73 Å². The first-order chi connectivity index (χ1) is 29.2. The summed E-state index contributed by atoms with van der Waals surface area (Å²) in [5.74, 6) is -1.05. The molecule has 0 aromatic carbocycles. The summed E-state index contributed by atoms with van der Waals surface area (Å²) >= 11 is 6.03. The first-order valence-electron chi connectivity index (χ1n) is 18.0. The van der Waals surface area contributed by atoms with Gasteiger partial charge in [-0.2, -0.15) is 13.2 Å². The predicted octanol–water partition coefficient (Wildman–Crippen LogP) is 3.66. The molecule has 338 valence electrons. The summed E-state index contributed by atoms with van der Waals surface area (Å²) in [6.07, 6.45) is -4.75. The van der Waals surface area contributed by atoms with E-state index in [1.54, 1.807) is 52.3 Å². The number of aliphatic hydroxyl groups is 1. The van der Waals surface area contributed by atoms with Gasteiger partial charge in [0.2, 0.25) is 10.8 Å². The summed E-state index contributed by atoms with van der Waals surface area (Å²) in [4.78, 5) is 71.2. The molecule has 0 fully saturated rings. The molecule has 0 aliphatic rings. The molecule has 0 amide bonds. The standard InChI is InChI=1S/C12H7F3N4OS2.C9H11NO3S.C7H9NO2S.C5H7N3S.C2H6O.C2H5O.Na/c1-5-3-21-10(16-5)6-2-8(20)19-9(17-6)11-18-7(4-22-11)12(13,14)15;1-3-13-8(12)4-7(11)9-10-6(2)5-14-9;1-3-10-7(9)6-8-5(2)4-11-6;1-3-2-9-5(8-3)4(6)7;2*1-2-3;/h2-4H,1H3,(H,17,19,20);5H,3-4H2,1-2H3;4H,3H2,1-2H3;2H,1H3,(H3,6,7);3H,2H2,1H3;2H2,1H3;/q;;;;;-1;+1. The third-order valence-corrected chi connectivity index (χ3v) is 10.7. The van der Waals surface area contributed by atoms with Gasteiger partial charge in [-0.1, -0.05) is 6.92 Å². The van der Waals surface area contributed by atoms with E-state index in [0.29, 0.717) is 38.9 Å². The number of nitrogens with two attached hydrogens (primary N) is 1. The molecule has 0 unspecified atom stereocenters. The van der Waals surface area contributed by atoms with Crippen LogP contribution in [0.1, 0.15) is 87.2 Å². The molecule has 6 heterocycles. The van der Waals surface area contributed by atoms with Gasteiger partial charge in [0.1, 0.15) is 17.1 Å². The molecule has 0 aliphatic heterocycles. The van der Waals surface area contributed by atoms with Crippen LogP contribution in [0.5, 0.6) is 0 Å². The third kappa shape index (κ3) is 22.8. The number of aromatic amines is 1. The second-order valence-corrected chi connectivity index (χ2v) is 15.6. The van der Waals surface area contributed by atoms with E-state index in [1.807, 2.05) is 24.6 Å². The fraction of sp³-hybridized carbons (Fsp3) is 0.378. The van der Waals surface area contributed by atoms with Gasteiger partial charge in [0.15, 0.2) is 32.4 Å². The summed E-state index contributed by atoms with van der Waals surface area (Å²) in [5.41, 5.74) is 7.33. The number of nitrogens with zero attached hydrogens (tertiary/aromatic N) is 6. The maximum Gasteiger partial charge on any atom is 1.00 e. The Labute approximate surface area is 402 Å². The first kappa shape index (κ1) is 58.8. The molecule has 63 heavy (non-hydrogen) atoms. The van der Waals surface area contributed by atoms with E-state index in [2.05, 4.69) is 39.6 Å². The number of rotatable bonds is 9. The van der Waals surface area contributed by atoms with Gasteiger partial charge in [0.25, 0.3) is 5.56 Å². The van der Waals surface area contributed by atoms with Crippen LogP contribution in [0, 0.1) is 33.1 Å². The van der Waals surface area contributed by atoms with Gasteiger partial charge in [-0.05, 0) is 48.5 Å². The number of carbonyl (C=O) groups excluding carboxylic acids is 3. The average molecular weight is 984 g/mol. The van der Waals surface area contributed by atoms with Crippen LogP contribution >= 0.6 is 56.7 Å². The Morgan fingerprint density at radius 1 is 0.762 bits per heavy atom. The largest absolute Gasteiger partial charge is 1.00 e. The van der Waals surface area contributed by atoms with Crippen LogP contribution in [-0.4, -0.2) is 90.0 Å². The predicted molar refractivity (Wildman–Crippen MR) is 233 cm³/mol. The van der Waals surface area contributed by atoms with Crippen molar-refractivity contribution >= 4 is 80.2 Å². The number of aliphatic hydroxyl groups excluding tert-OH is 1. The number of Topliss-reactive ketones (excluding diaryl/α,β-unsaturated/α-hetero) is 1. The average Bonchev–Trinajstić information content (AvgIpc) is 4.05. The summed E-state index contributed by atoms with van der Waals surface area (Å²) in [5, 5.41) is 33.6. The molecule has 0 atom stereocenters. The molecule has 6 aromatic heterocycles. The number of thiazole rings is 5. The van der Waals surface area contributed by atoms with Gasteiger partial charge < -0.3 is 30.4 Å². The van der Waals surface area contributed by atoms with Gasteiger partial charge in [-0.3, -0.25) is 19.8 Å². The molecule has 5 N–H and O–H groups in total. The zero-order valence-electron chi connectivity index (χ0n) is 35.7. The number of amidine groups is 1. The number of nitrogen functional groups attached to an aromatic ring is 1. The molecule has 0 aliphatic carbocycles. The van der Waals surface area contributed by atoms with E-state index >= 15 is 0 Å². The second-order valence-electron chi connectivity index (χ2n) is 11.3. The zero-order valence-corrected chi connectivity index (χ0v) is 41.8. The topological polar surface area (TPSA) is 273 Å². The Bertz CT molecular complexity index is 2360. The minimum atomic E-state index is -4.53. The first-order valence-corrected chi connectivity index (χ1v) is 22.3. The molecule has 6 aromatic rings. The van der Waals surface area contributed by atoms with E-state index < -0.39 is 23.4 Å². The van der Waals surface area contributed by atoms with E-state index in [-0.39, 0.29) is 77.6 Å². The monoisotopic (exact) mass is 983 g/mol. The van der Waals surface area contributed by atoms with Crippen molar-refractivity contribution in [3.05, 3.63) is 86.8 Å². The van der Waals surface area contributed by atoms with E-state index in [1.165, 1.54) is 51.4 Å². The van der Waals surface area contributed by atoms with Crippen LogP contribution < -0.4 is 46.0 Å². The molecular formula is C37H45F3N9NaO8S5. The normalized spacial score (nSPS) is 9.92. The molecule has 0 spiro atoms. The summed E-state index contributed by atoms with van der Waals surface area (Å²) in [6.45, 7) is 15.0. The molecule has 17 nitrogen and oxygen atoms in total. The fourth-order valence-corrected chi connectivity index (χ4v) is 7.28. The number of nitrogens with one attached hydrogen (secondary N) is 2. The van der Waals surface area contributed by atoms with Crippen LogP contribution in [0.3, 0.4) is 0 Å². The van der Waals surface area contributed by atoms with Crippen molar-refractivity contribution in [3.8, 4) is 21.5 Å². The van der Waals surface area contributed by atoms with Crippen LogP contribution in [-0.2, 0) is 20.4 Å². The number of hydrogen-bond donors (Lipinski definition) is 4. The number of halogens is 3. The minimum absolute atomic E-state index is 0. The Balaban J connectivity index is 0.000000816. The van der Waals surface area contributed by atoms with Crippen LogP contribution in [0.25, 0.3) is 21.5 Å². The maximum atomic E-state index is 12.6. The summed E-state index contributed by atoms with van der Waals surface area (Å²) in [6, 6.07) is 1.25. The van der Waals surface area contributed by atoms with Gasteiger partial charge in [0, 0.05) is 62.3 Å². The zero-order chi connectivity index (χ0) is 47.0. The van der Waals surface area contributed by atoms with Crippen molar-refractivity contribution in [1.82, 2.24) is 34.9 Å². The molecule has 0 bridgehead atoms. The molecule has 6 rings (SSSR count). The molecular weight excluding hydrogens is 939 g/mol. The van der Waals surface area contributed by atoms with E-state index in [9.17, 15) is 32.3 Å². The number of alkyl halides is 3. The molecule has 0 saturated carbocycles. The third-order valence-electron chi connectivity index (χ3n) is 5.96. The number of carbonyl (C=O) groups is 3. The van der Waals surface area contributed by atoms with Crippen molar-refractivity contribution in [3.63, 3.8) is 0 Å². The van der Waals surface area contributed by atoms with Crippen LogP contribution in [0.4, 0.5) is 13.2 Å². The van der Waals surface area contributed by atoms with E-state index in [0.717, 1.165) is 39.5 Å². The Morgan fingerprint density at radius 2 is 1.22 bits per heavy atom. The molecule has 26 heteroatoms.